The zero-order chi connectivity index (χ0) is 11.5. The lowest BCUT2D eigenvalue weighted by atomic mass is 9.81. The normalized spacial score (nSPS) is 22.1. The van der Waals surface area contributed by atoms with Crippen molar-refractivity contribution in [2.75, 3.05) is 13.7 Å². The Morgan fingerprint density at radius 2 is 2.20 bits per heavy atom. The molecule has 4 heteroatoms. The van der Waals surface area contributed by atoms with E-state index < -0.39 is 11.6 Å². The Bertz CT molecular complexity index is 225. The van der Waals surface area contributed by atoms with Crippen LogP contribution in [0.25, 0.3) is 0 Å². The van der Waals surface area contributed by atoms with Crippen LogP contribution in [0.2, 0.25) is 0 Å². The van der Waals surface area contributed by atoms with Crippen molar-refractivity contribution >= 4 is 5.97 Å². The van der Waals surface area contributed by atoms with E-state index >= 15 is 0 Å². The molecule has 0 spiro atoms. The number of carboxylic acid groups (broad SMARTS) is 1. The molecule has 88 valence electrons. The molecule has 1 rings (SSSR count). The first-order chi connectivity index (χ1) is 7.06. The third kappa shape index (κ3) is 2.69. The smallest absolute Gasteiger partial charge is 0.336 e. The number of ether oxygens (including phenoxy) is 1. The lowest BCUT2D eigenvalue weighted by Gasteiger charge is -2.32. The molecule has 0 aromatic carbocycles. The number of rotatable bonds is 7. The van der Waals surface area contributed by atoms with Gasteiger partial charge in [0.15, 0.2) is 5.60 Å². The van der Waals surface area contributed by atoms with E-state index in [1.165, 1.54) is 0 Å². The Hall–Kier alpha value is -0.610. The van der Waals surface area contributed by atoms with Gasteiger partial charge in [-0.25, -0.2) is 4.79 Å². The molecular weight excluding hydrogens is 196 g/mol. The van der Waals surface area contributed by atoms with E-state index in [1.807, 2.05) is 6.92 Å². The highest BCUT2D eigenvalue weighted by Crippen LogP contribution is 2.43. The standard InChI is InChI=1S/C11H20O4/c1-3-6-11(14,10(12)13)9(7-15-2)8-4-5-8/h8-9,14H,3-7H2,1-2H3,(H,12,13). The number of hydrogen-bond acceptors (Lipinski definition) is 3. The fraction of sp³-hybridized carbons (Fsp3) is 0.909. The van der Waals surface area contributed by atoms with Crippen LogP contribution in [0.3, 0.4) is 0 Å². The number of hydrogen-bond donors (Lipinski definition) is 2. The van der Waals surface area contributed by atoms with E-state index in [0.29, 0.717) is 25.4 Å². The highest BCUT2D eigenvalue weighted by atomic mass is 16.5. The molecule has 0 saturated heterocycles. The minimum absolute atomic E-state index is 0.264. The van der Waals surface area contributed by atoms with Crippen LogP contribution in [0.1, 0.15) is 32.6 Å². The van der Waals surface area contributed by atoms with Gasteiger partial charge in [-0.1, -0.05) is 13.3 Å². The van der Waals surface area contributed by atoms with Crippen molar-refractivity contribution in [3.63, 3.8) is 0 Å². The van der Waals surface area contributed by atoms with Crippen molar-refractivity contribution in [3.8, 4) is 0 Å². The zero-order valence-electron chi connectivity index (χ0n) is 9.40. The van der Waals surface area contributed by atoms with Crippen LogP contribution in [-0.4, -0.2) is 35.5 Å². The SMILES string of the molecule is CCCC(O)(C(=O)O)C(COC)C1CC1. The van der Waals surface area contributed by atoms with Crippen LogP contribution in [-0.2, 0) is 9.53 Å². The van der Waals surface area contributed by atoms with Crippen molar-refractivity contribution in [1.29, 1.82) is 0 Å². The molecule has 0 aromatic rings. The summed E-state index contributed by atoms with van der Waals surface area (Å²) < 4.78 is 5.02. The van der Waals surface area contributed by atoms with E-state index in [4.69, 9.17) is 9.84 Å². The van der Waals surface area contributed by atoms with Gasteiger partial charge < -0.3 is 14.9 Å². The van der Waals surface area contributed by atoms with Crippen molar-refractivity contribution in [2.45, 2.75) is 38.2 Å². The summed E-state index contributed by atoms with van der Waals surface area (Å²) in [6.07, 6.45) is 2.98. The van der Waals surface area contributed by atoms with Crippen molar-refractivity contribution in [3.05, 3.63) is 0 Å². The highest BCUT2D eigenvalue weighted by molar-refractivity contribution is 5.77. The quantitative estimate of drug-likeness (QED) is 0.672. The molecule has 1 fully saturated rings. The third-order valence-corrected chi connectivity index (χ3v) is 3.15. The summed E-state index contributed by atoms with van der Waals surface area (Å²) in [7, 11) is 1.55. The minimum Gasteiger partial charge on any atom is -0.479 e. The molecule has 0 aliphatic heterocycles. The average Bonchev–Trinajstić information content (AvgIpc) is 2.97. The molecule has 0 aromatic heterocycles. The molecule has 1 saturated carbocycles. The molecule has 0 heterocycles. The molecular formula is C11H20O4. The van der Waals surface area contributed by atoms with Gasteiger partial charge in [0, 0.05) is 13.0 Å². The second-order valence-corrected chi connectivity index (χ2v) is 4.38. The minimum atomic E-state index is -1.61. The fourth-order valence-corrected chi connectivity index (χ4v) is 2.17. The van der Waals surface area contributed by atoms with E-state index in [9.17, 15) is 9.90 Å². The van der Waals surface area contributed by atoms with Crippen LogP contribution in [0.5, 0.6) is 0 Å². The van der Waals surface area contributed by atoms with Crippen LogP contribution in [0.4, 0.5) is 0 Å². The average molecular weight is 216 g/mol. The Morgan fingerprint density at radius 1 is 1.60 bits per heavy atom. The summed E-state index contributed by atoms with van der Waals surface area (Å²) in [5.41, 5.74) is -1.61. The maximum atomic E-state index is 11.2. The molecule has 0 amide bonds. The van der Waals surface area contributed by atoms with Gasteiger partial charge in [0.25, 0.3) is 0 Å². The number of aliphatic hydroxyl groups is 1. The summed E-state index contributed by atoms with van der Waals surface area (Å²) in [5.74, 6) is -1.06. The summed E-state index contributed by atoms with van der Waals surface area (Å²) in [6.45, 7) is 2.21. The zero-order valence-corrected chi connectivity index (χ0v) is 9.40. The van der Waals surface area contributed by atoms with Gasteiger partial charge in [0.1, 0.15) is 0 Å². The fourth-order valence-electron chi connectivity index (χ4n) is 2.17. The molecule has 2 unspecified atom stereocenters. The van der Waals surface area contributed by atoms with Gasteiger partial charge in [-0.2, -0.15) is 0 Å². The predicted molar refractivity (Wildman–Crippen MR) is 55.6 cm³/mol. The largest absolute Gasteiger partial charge is 0.479 e. The molecule has 1 aliphatic carbocycles. The van der Waals surface area contributed by atoms with Gasteiger partial charge >= 0.3 is 5.97 Å². The van der Waals surface area contributed by atoms with Crippen molar-refractivity contribution < 1.29 is 19.7 Å². The van der Waals surface area contributed by atoms with E-state index in [-0.39, 0.29) is 5.92 Å². The van der Waals surface area contributed by atoms with Gasteiger partial charge in [-0.15, -0.1) is 0 Å². The molecule has 15 heavy (non-hydrogen) atoms. The van der Waals surface area contributed by atoms with E-state index in [2.05, 4.69) is 0 Å². The number of aliphatic carboxylic acids is 1. The van der Waals surface area contributed by atoms with Crippen molar-refractivity contribution in [2.24, 2.45) is 11.8 Å². The second kappa shape index (κ2) is 4.94. The number of methoxy groups -OCH3 is 1. The molecule has 4 nitrogen and oxygen atoms in total. The van der Waals surface area contributed by atoms with Gasteiger partial charge in [-0.3, -0.25) is 0 Å². The monoisotopic (exact) mass is 216 g/mol. The topological polar surface area (TPSA) is 66.8 Å². The summed E-state index contributed by atoms with van der Waals surface area (Å²) in [6, 6.07) is 0. The van der Waals surface area contributed by atoms with Crippen LogP contribution in [0, 0.1) is 11.8 Å². The Kier molecular flexibility index (Phi) is 4.11. The molecule has 1 aliphatic rings. The lowest BCUT2D eigenvalue weighted by molar-refractivity contribution is -0.170. The maximum absolute atomic E-state index is 11.2. The first-order valence-electron chi connectivity index (χ1n) is 5.51. The van der Waals surface area contributed by atoms with E-state index in [1.54, 1.807) is 7.11 Å². The summed E-state index contributed by atoms with van der Waals surface area (Å²) in [5, 5.41) is 19.3. The Morgan fingerprint density at radius 3 is 2.53 bits per heavy atom. The first kappa shape index (κ1) is 12.5. The van der Waals surface area contributed by atoms with Crippen molar-refractivity contribution in [1.82, 2.24) is 0 Å². The second-order valence-electron chi connectivity index (χ2n) is 4.38. The first-order valence-corrected chi connectivity index (χ1v) is 5.51. The molecule has 0 bridgehead atoms. The summed E-state index contributed by atoms with van der Waals surface area (Å²) >= 11 is 0. The molecule has 2 atom stereocenters. The number of carboxylic acids is 1. The predicted octanol–water partition coefficient (Wildman–Crippen LogP) is 1.27. The van der Waals surface area contributed by atoms with Gasteiger partial charge in [0.2, 0.25) is 0 Å². The van der Waals surface area contributed by atoms with Gasteiger partial charge in [-0.05, 0) is 25.2 Å². The third-order valence-electron chi connectivity index (χ3n) is 3.15. The van der Waals surface area contributed by atoms with Crippen LogP contribution < -0.4 is 0 Å². The Balaban J connectivity index is 2.77. The maximum Gasteiger partial charge on any atom is 0.336 e. The summed E-state index contributed by atoms with van der Waals surface area (Å²) in [4.78, 5) is 11.2. The highest BCUT2D eigenvalue weighted by Gasteiger charge is 2.50. The number of carbonyl (C=O) groups is 1. The molecule has 0 radical (unpaired) electrons. The molecule has 2 N–H and O–H groups in total. The van der Waals surface area contributed by atoms with Crippen LogP contribution >= 0.6 is 0 Å². The van der Waals surface area contributed by atoms with Gasteiger partial charge in [0.05, 0.1) is 6.61 Å². The van der Waals surface area contributed by atoms with E-state index in [0.717, 1.165) is 12.8 Å². The Labute approximate surface area is 90.2 Å². The lowest BCUT2D eigenvalue weighted by Crippen LogP contribution is -2.48. The van der Waals surface area contributed by atoms with Crippen LogP contribution in [0.15, 0.2) is 0 Å².